The Bertz CT molecular complexity index is 1120. The van der Waals surface area contributed by atoms with Gasteiger partial charge in [0.05, 0.1) is 16.4 Å². The van der Waals surface area contributed by atoms with Crippen LogP contribution in [0.15, 0.2) is 67.0 Å². The minimum atomic E-state index is -0.204. The molecule has 3 aromatic heterocycles. The molecule has 0 bridgehead atoms. The minimum absolute atomic E-state index is 0.0779. The van der Waals surface area contributed by atoms with Gasteiger partial charge in [0.2, 0.25) is 5.91 Å². The topological polar surface area (TPSA) is 77.6 Å². The van der Waals surface area contributed by atoms with Crippen molar-refractivity contribution in [3.8, 4) is 22.6 Å². The van der Waals surface area contributed by atoms with E-state index in [0.29, 0.717) is 16.5 Å². The summed E-state index contributed by atoms with van der Waals surface area (Å²) in [6, 6.07) is 16.7. The van der Waals surface area contributed by atoms with Gasteiger partial charge in [-0.3, -0.25) is 19.1 Å². The number of amides is 1. The summed E-state index contributed by atoms with van der Waals surface area (Å²) < 4.78 is 3.18. The highest BCUT2D eigenvalue weighted by atomic mass is 35.5. The van der Waals surface area contributed by atoms with Gasteiger partial charge in [0.15, 0.2) is 0 Å². The normalized spacial score (nSPS) is 10.8. The quantitative estimate of drug-likeness (QED) is 0.562. The van der Waals surface area contributed by atoms with Gasteiger partial charge in [-0.2, -0.15) is 10.2 Å². The Morgan fingerprint density at radius 1 is 1.04 bits per heavy atom. The lowest BCUT2D eigenvalue weighted by Gasteiger charge is -2.05. The standard InChI is InChI=1S/C20H17ClN6O/c1-26-19(12-18(24-26)17-8-4-5-10-22-17)23-20(28)13-27-11-9-16(25-27)14-6-2-3-7-15(14)21/h2-12H,13H2,1H3,(H,23,28). The molecule has 0 unspecified atom stereocenters. The van der Waals surface area contributed by atoms with Crippen molar-refractivity contribution in [2.45, 2.75) is 6.54 Å². The van der Waals surface area contributed by atoms with Gasteiger partial charge in [0.25, 0.3) is 0 Å². The molecule has 0 spiro atoms. The fourth-order valence-corrected chi connectivity index (χ4v) is 3.05. The van der Waals surface area contributed by atoms with Crippen LogP contribution in [-0.4, -0.2) is 30.5 Å². The van der Waals surface area contributed by atoms with Gasteiger partial charge in [-0.05, 0) is 24.3 Å². The Morgan fingerprint density at radius 2 is 1.86 bits per heavy atom. The summed E-state index contributed by atoms with van der Waals surface area (Å²) in [5, 5.41) is 12.3. The third-order valence-electron chi connectivity index (χ3n) is 4.17. The molecule has 0 aliphatic carbocycles. The fourth-order valence-electron chi connectivity index (χ4n) is 2.82. The van der Waals surface area contributed by atoms with E-state index in [9.17, 15) is 4.79 Å². The largest absolute Gasteiger partial charge is 0.309 e. The van der Waals surface area contributed by atoms with Gasteiger partial charge >= 0.3 is 0 Å². The highest BCUT2D eigenvalue weighted by Gasteiger charge is 2.12. The number of nitrogens with zero attached hydrogens (tertiary/aromatic N) is 5. The maximum absolute atomic E-state index is 12.4. The number of carbonyl (C=O) groups is 1. The fraction of sp³-hybridized carbons (Fsp3) is 0.100. The zero-order chi connectivity index (χ0) is 19.5. The molecular formula is C20H17ClN6O. The second-order valence-electron chi connectivity index (χ2n) is 6.18. The van der Waals surface area contributed by atoms with E-state index >= 15 is 0 Å². The number of hydrogen-bond donors (Lipinski definition) is 1. The Labute approximate surface area is 166 Å². The number of halogens is 1. The van der Waals surface area contributed by atoms with Crippen LogP contribution in [0.4, 0.5) is 5.82 Å². The molecule has 0 saturated heterocycles. The van der Waals surface area contributed by atoms with Crippen molar-refractivity contribution < 1.29 is 4.79 Å². The van der Waals surface area contributed by atoms with Gasteiger partial charge in [-0.25, -0.2) is 0 Å². The lowest BCUT2D eigenvalue weighted by atomic mass is 10.2. The first-order valence-electron chi connectivity index (χ1n) is 8.64. The summed E-state index contributed by atoms with van der Waals surface area (Å²) in [6.07, 6.45) is 3.46. The molecule has 0 fully saturated rings. The third-order valence-corrected chi connectivity index (χ3v) is 4.50. The van der Waals surface area contributed by atoms with E-state index in [1.165, 1.54) is 0 Å². The number of carbonyl (C=O) groups excluding carboxylic acids is 1. The van der Waals surface area contributed by atoms with Crippen LogP contribution >= 0.6 is 11.6 Å². The molecule has 1 N–H and O–H groups in total. The van der Waals surface area contributed by atoms with E-state index in [4.69, 9.17) is 11.6 Å². The van der Waals surface area contributed by atoms with Crippen molar-refractivity contribution in [1.82, 2.24) is 24.5 Å². The van der Waals surface area contributed by atoms with Crippen LogP contribution < -0.4 is 5.32 Å². The maximum atomic E-state index is 12.4. The maximum Gasteiger partial charge on any atom is 0.247 e. The predicted molar refractivity (Wildman–Crippen MR) is 108 cm³/mol. The van der Waals surface area contributed by atoms with Crippen LogP contribution in [0.25, 0.3) is 22.6 Å². The third kappa shape index (κ3) is 3.79. The van der Waals surface area contributed by atoms with Crippen molar-refractivity contribution in [1.29, 1.82) is 0 Å². The van der Waals surface area contributed by atoms with Gasteiger partial charge in [0, 0.05) is 31.1 Å². The van der Waals surface area contributed by atoms with E-state index in [1.807, 2.05) is 48.5 Å². The summed E-state index contributed by atoms with van der Waals surface area (Å²) in [4.78, 5) is 16.7. The van der Waals surface area contributed by atoms with E-state index < -0.39 is 0 Å². The van der Waals surface area contributed by atoms with E-state index in [0.717, 1.165) is 17.0 Å². The van der Waals surface area contributed by atoms with Crippen LogP contribution in [-0.2, 0) is 18.4 Å². The number of anilines is 1. The van der Waals surface area contributed by atoms with Crippen LogP contribution in [0.2, 0.25) is 5.02 Å². The van der Waals surface area contributed by atoms with Crippen molar-refractivity contribution in [3.63, 3.8) is 0 Å². The summed E-state index contributed by atoms with van der Waals surface area (Å²) in [7, 11) is 1.77. The molecule has 140 valence electrons. The first kappa shape index (κ1) is 17.9. The summed E-state index contributed by atoms with van der Waals surface area (Å²) in [6.45, 7) is 0.0779. The van der Waals surface area contributed by atoms with Crippen LogP contribution in [0.5, 0.6) is 0 Å². The molecule has 1 aromatic carbocycles. The molecule has 0 radical (unpaired) electrons. The summed E-state index contributed by atoms with van der Waals surface area (Å²) in [5.41, 5.74) is 2.99. The molecule has 1 amide bonds. The number of aryl methyl sites for hydroxylation is 1. The van der Waals surface area contributed by atoms with Gasteiger partial charge in [0.1, 0.15) is 18.1 Å². The zero-order valence-electron chi connectivity index (χ0n) is 15.1. The molecule has 7 nitrogen and oxygen atoms in total. The number of hydrogen-bond acceptors (Lipinski definition) is 4. The van der Waals surface area contributed by atoms with Crippen molar-refractivity contribution in [2.75, 3.05) is 5.32 Å². The Balaban J connectivity index is 1.46. The van der Waals surface area contributed by atoms with Crippen LogP contribution in [0.1, 0.15) is 0 Å². The number of rotatable bonds is 5. The average Bonchev–Trinajstić information content (AvgIpc) is 3.30. The number of pyridine rings is 1. The monoisotopic (exact) mass is 392 g/mol. The SMILES string of the molecule is Cn1nc(-c2ccccn2)cc1NC(=O)Cn1ccc(-c2ccccc2Cl)n1. The molecule has 8 heteroatoms. The van der Waals surface area contributed by atoms with Gasteiger partial charge in [-0.1, -0.05) is 35.9 Å². The number of benzene rings is 1. The van der Waals surface area contributed by atoms with E-state index in [2.05, 4.69) is 20.5 Å². The van der Waals surface area contributed by atoms with E-state index in [-0.39, 0.29) is 12.5 Å². The molecule has 28 heavy (non-hydrogen) atoms. The summed E-state index contributed by atoms with van der Waals surface area (Å²) in [5.74, 6) is 0.383. The van der Waals surface area contributed by atoms with Crippen molar-refractivity contribution in [3.05, 3.63) is 72.0 Å². The van der Waals surface area contributed by atoms with Crippen molar-refractivity contribution in [2.24, 2.45) is 7.05 Å². The molecule has 0 atom stereocenters. The van der Waals surface area contributed by atoms with Crippen LogP contribution in [0, 0.1) is 0 Å². The molecule has 0 aliphatic heterocycles. The number of aromatic nitrogens is 5. The van der Waals surface area contributed by atoms with Gasteiger partial charge in [-0.15, -0.1) is 0 Å². The lowest BCUT2D eigenvalue weighted by Crippen LogP contribution is -2.20. The Morgan fingerprint density at radius 3 is 2.64 bits per heavy atom. The Hall–Kier alpha value is -3.45. The Kier molecular flexibility index (Phi) is 4.90. The predicted octanol–water partition coefficient (Wildman–Crippen LogP) is 3.64. The molecule has 4 aromatic rings. The first-order chi connectivity index (χ1) is 13.6. The minimum Gasteiger partial charge on any atom is -0.309 e. The second kappa shape index (κ2) is 7.66. The average molecular weight is 393 g/mol. The molecule has 3 heterocycles. The first-order valence-corrected chi connectivity index (χ1v) is 9.01. The van der Waals surface area contributed by atoms with Crippen LogP contribution in [0.3, 0.4) is 0 Å². The van der Waals surface area contributed by atoms with Crippen molar-refractivity contribution >= 4 is 23.3 Å². The smallest absolute Gasteiger partial charge is 0.247 e. The molecule has 0 saturated carbocycles. The van der Waals surface area contributed by atoms with E-state index in [1.54, 1.807) is 34.9 Å². The molecule has 0 aliphatic rings. The zero-order valence-corrected chi connectivity index (χ0v) is 15.8. The second-order valence-corrected chi connectivity index (χ2v) is 6.59. The lowest BCUT2D eigenvalue weighted by molar-refractivity contribution is -0.116. The highest BCUT2D eigenvalue weighted by molar-refractivity contribution is 6.33. The molecule has 4 rings (SSSR count). The highest BCUT2D eigenvalue weighted by Crippen LogP contribution is 2.25. The number of nitrogens with one attached hydrogen (secondary N) is 1. The molecular weight excluding hydrogens is 376 g/mol. The summed E-state index contributed by atoms with van der Waals surface area (Å²) >= 11 is 6.21. The van der Waals surface area contributed by atoms with Gasteiger partial charge < -0.3 is 5.32 Å².